The second-order valence-corrected chi connectivity index (χ2v) is 5.99. The van der Waals surface area contributed by atoms with Gasteiger partial charge in [0.2, 0.25) is 0 Å². The number of piperidine rings is 1. The number of thiocarbonyl (C=S) groups is 1. The molecule has 124 valence electrons. The van der Waals surface area contributed by atoms with Crippen LogP contribution in [0.1, 0.15) is 37.0 Å². The van der Waals surface area contributed by atoms with Gasteiger partial charge in [-0.3, -0.25) is 9.59 Å². The Balaban J connectivity index is 1.94. The van der Waals surface area contributed by atoms with Crippen molar-refractivity contribution in [1.29, 1.82) is 0 Å². The summed E-state index contributed by atoms with van der Waals surface area (Å²) in [5, 5.41) is 3.76. The zero-order chi connectivity index (χ0) is 16.8. The highest BCUT2D eigenvalue weighted by Crippen LogP contribution is 2.19. The predicted molar refractivity (Wildman–Crippen MR) is 93.6 cm³/mol. The fourth-order valence-corrected chi connectivity index (χ4v) is 2.89. The van der Waals surface area contributed by atoms with Crippen molar-refractivity contribution in [2.75, 3.05) is 25.0 Å². The maximum atomic E-state index is 11.9. The first-order valence-corrected chi connectivity index (χ1v) is 8.25. The smallest absolute Gasteiger partial charge is 0.310 e. The van der Waals surface area contributed by atoms with E-state index < -0.39 is 0 Å². The van der Waals surface area contributed by atoms with Crippen molar-refractivity contribution in [2.45, 2.75) is 26.7 Å². The zero-order valence-corrected chi connectivity index (χ0v) is 14.3. The second kappa shape index (κ2) is 8.06. The molecular weight excluding hydrogens is 312 g/mol. The number of hydrogen-bond acceptors (Lipinski definition) is 4. The number of benzene rings is 1. The third-order valence-corrected chi connectivity index (χ3v) is 4.23. The van der Waals surface area contributed by atoms with Gasteiger partial charge in [0, 0.05) is 24.3 Å². The average Bonchev–Trinajstić information content (AvgIpc) is 2.55. The minimum Gasteiger partial charge on any atom is -0.466 e. The fraction of sp³-hybridized carbons (Fsp3) is 0.471. The van der Waals surface area contributed by atoms with E-state index in [1.165, 1.54) is 6.92 Å². The molecule has 1 atom stereocenters. The molecule has 1 N–H and O–H groups in total. The molecule has 0 aromatic heterocycles. The number of Topliss-reactive ketones (excluding diaryl/α,β-unsaturated/α-hetero) is 1. The maximum absolute atomic E-state index is 11.9. The summed E-state index contributed by atoms with van der Waals surface area (Å²) in [6.45, 7) is 5.16. The maximum Gasteiger partial charge on any atom is 0.310 e. The Hall–Kier alpha value is -1.95. The Kier molecular flexibility index (Phi) is 6.10. The van der Waals surface area contributed by atoms with Crippen LogP contribution in [-0.2, 0) is 9.53 Å². The fourth-order valence-electron chi connectivity index (χ4n) is 2.60. The minimum absolute atomic E-state index is 0.0347. The summed E-state index contributed by atoms with van der Waals surface area (Å²) < 4.78 is 5.10. The van der Waals surface area contributed by atoms with Crippen LogP contribution in [0.15, 0.2) is 24.3 Å². The van der Waals surface area contributed by atoms with Crippen molar-refractivity contribution in [1.82, 2.24) is 4.90 Å². The van der Waals surface area contributed by atoms with Crippen molar-refractivity contribution in [3.05, 3.63) is 29.8 Å². The first-order valence-electron chi connectivity index (χ1n) is 7.84. The van der Waals surface area contributed by atoms with Crippen molar-refractivity contribution in [2.24, 2.45) is 5.92 Å². The summed E-state index contributed by atoms with van der Waals surface area (Å²) in [6.07, 6.45) is 1.75. The molecule has 0 bridgehead atoms. The minimum atomic E-state index is -0.147. The molecule has 5 nitrogen and oxygen atoms in total. The van der Waals surface area contributed by atoms with E-state index in [0.29, 0.717) is 23.8 Å². The molecule has 0 amide bonds. The van der Waals surface area contributed by atoms with Crippen LogP contribution in [0, 0.1) is 5.92 Å². The number of likely N-dealkylation sites (tertiary alicyclic amines) is 1. The Morgan fingerprint density at radius 3 is 2.65 bits per heavy atom. The van der Waals surface area contributed by atoms with Crippen LogP contribution in [0.25, 0.3) is 0 Å². The number of anilines is 1. The van der Waals surface area contributed by atoms with Crippen molar-refractivity contribution >= 4 is 34.8 Å². The van der Waals surface area contributed by atoms with Crippen LogP contribution >= 0.6 is 12.2 Å². The monoisotopic (exact) mass is 334 g/mol. The molecule has 2 rings (SSSR count). The van der Waals surface area contributed by atoms with Crippen LogP contribution in [0.3, 0.4) is 0 Å². The summed E-state index contributed by atoms with van der Waals surface area (Å²) >= 11 is 5.44. The van der Waals surface area contributed by atoms with E-state index in [9.17, 15) is 9.59 Å². The Labute approximate surface area is 142 Å². The third-order valence-electron chi connectivity index (χ3n) is 3.87. The highest BCUT2D eigenvalue weighted by atomic mass is 32.1. The largest absolute Gasteiger partial charge is 0.466 e. The Morgan fingerprint density at radius 2 is 2.04 bits per heavy atom. The van der Waals surface area contributed by atoms with Gasteiger partial charge in [0.15, 0.2) is 10.9 Å². The van der Waals surface area contributed by atoms with Gasteiger partial charge < -0.3 is 15.0 Å². The molecule has 1 aromatic rings. The topological polar surface area (TPSA) is 58.6 Å². The van der Waals surface area contributed by atoms with E-state index in [1.807, 2.05) is 24.0 Å². The van der Waals surface area contributed by atoms with E-state index in [2.05, 4.69) is 5.32 Å². The quantitative estimate of drug-likeness (QED) is 0.519. The molecule has 0 saturated carbocycles. The average molecular weight is 334 g/mol. The number of esters is 1. The summed E-state index contributed by atoms with van der Waals surface area (Å²) in [7, 11) is 0. The van der Waals surface area contributed by atoms with Gasteiger partial charge in [0.1, 0.15) is 0 Å². The van der Waals surface area contributed by atoms with Crippen LogP contribution in [0.5, 0.6) is 0 Å². The van der Waals surface area contributed by atoms with Crippen LogP contribution in [0.2, 0.25) is 0 Å². The van der Waals surface area contributed by atoms with E-state index >= 15 is 0 Å². The molecule has 0 radical (unpaired) electrons. The van der Waals surface area contributed by atoms with Crippen LogP contribution in [-0.4, -0.2) is 41.5 Å². The van der Waals surface area contributed by atoms with Gasteiger partial charge in [-0.2, -0.15) is 0 Å². The lowest BCUT2D eigenvalue weighted by Gasteiger charge is -2.33. The molecule has 23 heavy (non-hydrogen) atoms. The predicted octanol–water partition coefficient (Wildman–Crippen LogP) is 2.86. The van der Waals surface area contributed by atoms with E-state index in [1.54, 1.807) is 12.1 Å². The number of carbonyl (C=O) groups is 2. The first-order chi connectivity index (χ1) is 11.0. The normalized spacial score (nSPS) is 17.5. The van der Waals surface area contributed by atoms with Crippen LogP contribution < -0.4 is 5.32 Å². The molecule has 1 aromatic carbocycles. The molecule has 6 heteroatoms. The van der Waals surface area contributed by atoms with Crippen molar-refractivity contribution in [3.63, 3.8) is 0 Å². The lowest BCUT2D eigenvalue weighted by Crippen LogP contribution is -2.44. The van der Waals surface area contributed by atoms with Gasteiger partial charge in [0.05, 0.1) is 12.5 Å². The summed E-state index contributed by atoms with van der Waals surface area (Å²) in [5.41, 5.74) is 1.50. The molecule has 1 fully saturated rings. The van der Waals surface area contributed by atoms with Gasteiger partial charge >= 0.3 is 5.97 Å². The van der Waals surface area contributed by atoms with E-state index in [0.717, 1.165) is 25.1 Å². The second-order valence-electron chi connectivity index (χ2n) is 5.60. The summed E-state index contributed by atoms with van der Waals surface area (Å²) in [6, 6.07) is 7.20. The summed E-state index contributed by atoms with van der Waals surface area (Å²) in [5.74, 6) is -0.234. The third kappa shape index (κ3) is 4.76. The van der Waals surface area contributed by atoms with E-state index in [4.69, 9.17) is 17.0 Å². The number of nitrogens with one attached hydrogen (secondary N) is 1. The van der Waals surface area contributed by atoms with Gasteiger partial charge in [-0.15, -0.1) is 0 Å². The van der Waals surface area contributed by atoms with Gasteiger partial charge in [-0.25, -0.2) is 0 Å². The van der Waals surface area contributed by atoms with Gasteiger partial charge in [0.25, 0.3) is 0 Å². The number of carbonyl (C=O) groups excluding carboxylic acids is 2. The number of ketones is 1. The molecule has 1 aliphatic rings. The van der Waals surface area contributed by atoms with Crippen molar-refractivity contribution in [3.8, 4) is 0 Å². The molecular formula is C17H22N2O3S. The van der Waals surface area contributed by atoms with Crippen molar-refractivity contribution < 1.29 is 14.3 Å². The number of hydrogen-bond donors (Lipinski definition) is 1. The zero-order valence-electron chi connectivity index (χ0n) is 13.5. The summed E-state index contributed by atoms with van der Waals surface area (Å²) in [4.78, 5) is 25.2. The number of nitrogens with zero attached hydrogens (tertiary/aromatic N) is 1. The lowest BCUT2D eigenvalue weighted by atomic mass is 9.98. The molecule has 0 spiro atoms. The first kappa shape index (κ1) is 17.4. The molecule has 0 aliphatic carbocycles. The highest BCUT2D eigenvalue weighted by Gasteiger charge is 2.28. The molecule has 1 unspecified atom stereocenters. The Morgan fingerprint density at radius 1 is 1.35 bits per heavy atom. The van der Waals surface area contributed by atoms with Gasteiger partial charge in [-0.05, 0) is 63.2 Å². The molecule has 1 saturated heterocycles. The standard InChI is InChI=1S/C17H22N2O3S/c1-3-22-16(21)14-5-4-10-19(11-14)17(23)18-15-8-6-13(7-9-15)12(2)20/h6-9,14H,3-5,10-11H2,1-2H3,(H,18,23). The Bertz CT molecular complexity index is 586. The SMILES string of the molecule is CCOC(=O)C1CCCN(C(=S)Nc2ccc(C(C)=O)cc2)C1. The lowest BCUT2D eigenvalue weighted by molar-refractivity contribution is -0.149. The molecule has 1 heterocycles. The number of ether oxygens (including phenoxy) is 1. The highest BCUT2D eigenvalue weighted by molar-refractivity contribution is 7.80. The van der Waals surface area contributed by atoms with Gasteiger partial charge in [-0.1, -0.05) is 0 Å². The molecule has 1 aliphatic heterocycles. The van der Waals surface area contributed by atoms with Crippen LogP contribution in [0.4, 0.5) is 5.69 Å². The van der Waals surface area contributed by atoms with E-state index in [-0.39, 0.29) is 17.7 Å². The number of rotatable bonds is 4.